The van der Waals surface area contributed by atoms with Gasteiger partial charge in [0.25, 0.3) is 0 Å². The number of hydrogen-bond acceptors (Lipinski definition) is 5. The number of ether oxygens (including phenoxy) is 1. The first-order valence-electron chi connectivity index (χ1n) is 11.2. The van der Waals surface area contributed by atoms with Gasteiger partial charge in [0.05, 0.1) is 6.54 Å². The Kier molecular flexibility index (Phi) is 6.37. The number of fused-ring (bicyclic) bond motifs is 3. The molecule has 1 aliphatic carbocycles. The van der Waals surface area contributed by atoms with Gasteiger partial charge in [-0.2, -0.15) is 0 Å². The van der Waals surface area contributed by atoms with Crippen LogP contribution in [0.4, 0.5) is 4.79 Å². The van der Waals surface area contributed by atoms with E-state index in [0.29, 0.717) is 12.8 Å². The summed E-state index contributed by atoms with van der Waals surface area (Å²) >= 11 is 0. The second-order valence-corrected chi connectivity index (χ2v) is 8.66. The van der Waals surface area contributed by atoms with Crippen LogP contribution in [0, 0.1) is 0 Å². The maximum atomic E-state index is 12.9. The van der Waals surface area contributed by atoms with Gasteiger partial charge >= 0.3 is 12.1 Å². The Balaban J connectivity index is 1.40. The number of nitrogens with zero attached hydrogens (tertiary/aromatic N) is 1. The normalized spacial score (nSPS) is 20.1. The number of hydrogen-bond donors (Lipinski definition) is 3. The number of aliphatic hydroxyl groups is 1. The number of nitrogens with one attached hydrogen (secondary N) is 1. The second kappa shape index (κ2) is 9.23. The zero-order valence-corrected chi connectivity index (χ0v) is 18.5. The van der Waals surface area contributed by atoms with E-state index in [4.69, 9.17) is 4.74 Å². The molecule has 1 saturated heterocycles. The zero-order chi connectivity index (χ0) is 23.6. The minimum absolute atomic E-state index is 0.0438. The van der Waals surface area contributed by atoms with E-state index < -0.39 is 29.6 Å². The topological polar surface area (TPSA) is 116 Å². The average molecular weight is 453 g/mol. The molecule has 1 aliphatic heterocycles. The number of rotatable bonds is 7. The summed E-state index contributed by atoms with van der Waals surface area (Å²) in [5.74, 6) is -1.86. The van der Waals surface area contributed by atoms with Crippen LogP contribution >= 0.6 is 0 Å². The first-order valence-corrected chi connectivity index (χ1v) is 11.2. The molecule has 4 rings (SSSR count). The Labute approximate surface area is 192 Å². The smallest absolute Gasteiger partial charge is 0.407 e. The lowest BCUT2D eigenvalue weighted by atomic mass is 9.98. The first kappa shape index (κ1) is 22.8. The third-order valence-corrected chi connectivity index (χ3v) is 6.47. The highest BCUT2D eigenvalue weighted by Gasteiger charge is 2.45. The molecule has 0 bridgehead atoms. The summed E-state index contributed by atoms with van der Waals surface area (Å²) in [6, 6.07) is 15.2. The monoisotopic (exact) mass is 452 g/mol. The number of likely N-dealkylation sites (tertiary alicyclic amines) is 1. The zero-order valence-electron chi connectivity index (χ0n) is 18.5. The van der Waals surface area contributed by atoms with E-state index in [-0.39, 0.29) is 32.0 Å². The summed E-state index contributed by atoms with van der Waals surface area (Å²) in [7, 11) is 0. The summed E-state index contributed by atoms with van der Waals surface area (Å²) in [5, 5.41) is 22.0. The number of alkyl carbamates (subject to hydrolysis) is 1. The van der Waals surface area contributed by atoms with E-state index in [0.717, 1.165) is 22.3 Å². The molecule has 2 atom stereocenters. The van der Waals surface area contributed by atoms with Crippen molar-refractivity contribution in [3.63, 3.8) is 0 Å². The Bertz CT molecular complexity index is 1020. The lowest BCUT2D eigenvalue weighted by Gasteiger charge is -2.25. The van der Waals surface area contributed by atoms with Crippen LogP contribution in [0.25, 0.3) is 11.1 Å². The lowest BCUT2D eigenvalue weighted by Crippen LogP contribution is -2.50. The first-order chi connectivity index (χ1) is 15.8. The maximum Gasteiger partial charge on any atom is 0.407 e. The highest BCUT2D eigenvalue weighted by atomic mass is 16.5. The van der Waals surface area contributed by atoms with Crippen LogP contribution in [0.1, 0.15) is 43.2 Å². The van der Waals surface area contributed by atoms with Crippen molar-refractivity contribution in [2.24, 2.45) is 0 Å². The Morgan fingerprint density at radius 2 is 1.73 bits per heavy atom. The molecule has 1 fully saturated rings. The van der Waals surface area contributed by atoms with Crippen molar-refractivity contribution in [1.82, 2.24) is 10.2 Å². The van der Waals surface area contributed by atoms with Crippen molar-refractivity contribution >= 4 is 18.0 Å². The minimum atomic E-state index is -1.95. The highest BCUT2D eigenvalue weighted by molar-refractivity contribution is 5.88. The van der Waals surface area contributed by atoms with Gasteiger partial charge in [0, 0.05) is 18.9 Å². The van der Waals surface area contributed by atoms with Crippen molar-refractivity contribution in [1.29, 1.82) is 0 Å². The third kappa shape index (κ3) is 4.43. The Hall–Kier alpha value is -3.39. The minimum Gasteiger partial charge on any atom is -0.479 e. The standard InChI is InChI=1S/C25H28N2O6/c1-2-7-21(22(28)27-13-12-25(32,15-27)23(29)30)26-24(31)33-14-20-18-10-5-3-8-16(18)17-9-4-6-11-19(17)20/h3-6,8-11,20-21,32H,2,7,12-15H2,1H3,(H,26,31)(H,29,30)/t21-,25?/m0/s1. The quantitative estimate of drug-likeness (QED) is 0.595. The van der Waals surface area contributed by atoms with Gasteiger partial charge in [-0.05, 0) is 28.7 Å². The Morgan fingerprint density at radius 1 is 1.12 bits per heavy atom. The molecule has 1 heterocycles. The molecule has 0 saturated carbocycles. The van der Waals surface area contributed by atoms with Crippen LogP contribution < -0.4 is 5.32 Å². The predicted octanol–water partition coefficient (Wildman–Crippen LogP) is 2.74. The average Bonchev–Trinajstić information content (AvgIpc) is 3.36. The molecular formula is C25H28N2O6. The van der Waals surface area contributed by atoms with Gasteiger partial charge in [-0.3, -0.25) is 4.79 Å². The number of carbonyl (C=O) groups is 3. The van der Waals surface area contributed by atoms with Crippen LogP contribution in [0.2, 0.25) is 0 Å². The molecule has 1 unspecified atom stereocenters. The molecule has 2 aromatic rings. The molecule has 2 amide bonds. The number of carbonyl (C=O) groups excluding carboxylic acids is 2. The number of carboxylic acid groups (broad SMARTS) is 1. The molecule has 33 heavy (non-hydrogen) atoms. The molecule has 2 aromatic carbocycles. The number of β-amino-alcohol motifs (C(OH)–C–C–N with tert-alkyl or cyclic N) is 1. The molecule has 174 valence electrons. The molecule has 0 aromatic heterocycles. The van der Waals surface area contributed by atoms with Crippen molar-refractivity contribution in [3.05, 3.63) is 59.7 Å². The number of amides is 2. The summed E-state index contributed by atoms with van der Waals surface area (Å²) in [5.41, 5.74) is 2.49. The van der Waals surface area contributed by atoms with Gasteiger partial charge in [-0.1, -0.05) is 61.9 Å². The molecule has 0 radical (unpaired) electrons. The van der Waals surface area contributed by atoms with Gasteiger partial charge in [-0.25, -0.2) is 9.59 Å². The van der Waals surface area contributed by atoms with Gasteiger partial charge < -0.3 is 25.2 Å². The van der Waals surface area contributed by atoms with E-state index in [9.17, 15) is 24.6 Å². The fourth-order valence-electron chi connectivity index (χ4n) is 4.71. The number of aliphatic carboxylic acids is 1. The second-order valence-electron chi connectivity index (χ2n) is 8.66. The van der Waals surface area contributed by atoms with Crippen molar-refractivity contribution in [2.45, 2.75) is 43.7 Å². The lowest BCUT2D eigenvalue weighted by molar-refractivity contribution is -0.157. The van der Waals surface area contributed by atoms with Gasteiger partial charge in [0.2, 0.25) is 5.91 Å². The van der Waals surface area contributed by atoms with Crippen LogP contribution in [-0.4, -0.2) is 64.4 Å². The predicted molar refractivity (Wildman–Crippen MR) is 121 cm³/mol. The highest BCUT2D eigenvalue weighted by Crippen LogP contribution is 2.44. The van der Waals surface area contributed by atoms with Gasteiger partial charge in [-0.15, -0.1) is 0 Å². The Morgan fingerprint density at radius 3 is 2.27 bits per heavy atom. The van der Waals surface area contributed by atoms with E-state index in [1.165, 1.54) is 4.90 Å². The molecule has 2 aliphatic rings. The molecule has 8 heteroatoms. The van der Waals surface area contributed by atoms with E-state index in [2.05, 4.69) is 17.4 Å². The molecular weight excluding hydrogens is 424 g/mol. The van der Waals surface area contributed by atoms with Crippen LogP contribution in [0.5, 0.6) is 0 Å². The third-order valence-electron chi connectivity index (χ3n) is 6.47. The number of carboxylic acids is 1. The SMILES string of the molecule is CCC[C@H](NC(=O)OCC1c2ccccc2-c2ccccc21)C(=O)N1CCC(O)(C(=O)O)C1. The fraction of sp³-hybridized carbons (Fsp3) is 0.400. The summed E-state index contributed by atoms with van der Waals surface area (Å²) in [6.45, 7) is 1.84. The van der Waals surface area contributed by atoms with E-state index in [1.807, 2.05) is 43.3 Å². The van der Waals surface area contributed by atoms with Crippen molar-refractivity contribution in [2.75, 3.05) is 19.7 Å². The van der Waals surface area contributed by atoms with Crippen molar-refractivity contribution < 1.29 is 29.3 Å². The van der Waals surface area contributed by atoms with Gasteiger partial charge in [0.15, 0.2) is 5.60 Å². The number of benzene rings is 2. The van der Waals surface area contributed by atoms with Crippen LogP contribution in [-0.2, 0) is 14.3 Å². The van der Waals surface area contributed by atoms with E-state index in [1.54, 1.807) is 0 Å². The fourth-order valence-corrected chi connectivity index (χ4v) is 4.71. The summed E-state index contributed by atoms with van der Waals surface area (Å²) in [6.07, 6.45) is 0.274. The van der Waals surface area contributed by atoms with E-state index >= 15 is 0 Å². The van der Waals surface area contributed by atoms with Gasteiger partial charge in [0.1, 0.15) is 12.6 Å². The van der Waals surface area contributed by atoms with Crippen LogP contribution in [0.3, 0.4) is 0 Å². The summed E-state index contributed by atoms with van der Waals surface area (Å²) in [4.78, 5) is 38.1. The van der Waals surface area contributed by atoms with Crippen molar-refractivity contribution in [3.8, 4) is 11.1 Å². The molecule has 3 N–H and O–H groups in total. The maximum absolute atomic E-state index is 12.9. The largest absolute Gasteiger partial charge is 0.479 e. The molecule has 8 nitrogen and oxygen atoms in total. The summed E-state index contributed by atoms with van der Waals surface area (Å²) < 4.78 is 5.54. The molecule has 0 spiro atoms. The van der Waals surface area contributed by atoms with Crippen LogP contribution in [0.15, 0.2) is 48.5 Å².